The fourth-order valence-corrected chi connectivity index (χ4v) is 1.16. The third kappa shape index (κ3) is 2.25. The predicted molar refractivity (Wildman–Crippen MR) is 54.0 cm³/mol. The Labute approximate surface area is 83.3 Å². The lowest BCUT2D eigenvalue weighted by molar-refractivity contribution is 0.112. The van der Waals surface area contributed by atoms with Crippen LogP contribution in [-0.4, -0.2) is 18.0 Å². The number of phenols is 1. The molecule has 1 N–H and O–H groups in total. The van der Waals surface area contributed by atoms with Gasteiger partial charge in [-0.1, -0.05) is 6.92 Å². The van der Waals surface area contributed by atoms with E-state index in [4.69, 9.17) is 4.74 Å². The maximum Gasteiger partial charge on any atom is 0.161 e. The molecule has 0 aromatic heterocycles. The molecule has 0 aliphatic carbocycles. The van der Waals surface area contributed by atoms with Crippen molar-refractivity contribution in [3.63, 3.8) is 0 Å². The molecule has 1 aromatic carbocycles. The number of carbonyl (C=O) groups excluding carboxylic acids is 1. The molecule has 0 aliphatic heterocycles. The Morgan fingerprint density at radius 1 is 1.50 bits per heavy atom. The Hall–Kier alpha value is -1.51. The first kappa shape index (κ1) is 10.6. The number of ether oxygens (including phenoxy) is 1. The quantitative estimate of drug-likeness (QED) is 0.748. The second-order valence-electron chi connectivity index (χ2n) is 3.15. The van der Waals surface area contributed by atoms with Gasteiger partial charge in [-0.3, -0.25) is 4.79 Å². The molecule has 0 saturated heterocycles. The molecule has 1 rings (SSSR count). The summed E-state index contributed by atoms with van der Waals surface area (Å²) >= 11 is 0. The Bertz CT molecular complexity index is 332. The highest BCUT2D eigenvalue weighted by Gasteiger charge is 2.07. The first-order valence-corrected chi connectivity index (χ1v) is 4.60. The van der Waals surface area contributed by atoms with Crippen molar-refractivity contribution < 1.29 is 14.6 Å². The first-order valence-electron chi connectivity index (χ1n) is 4.60. The molecule has 14 heavy (non-hydrogen) atoms. The lowest BCUT2D eigenvalue weighted by Crippen LogP contribution is -1.97. The van der Waals surface area contributed by atoms with Crippen LogP contribution < -0.4 is 4.74 Å². The molecule has 1 aromatic rings. The van der Waals surface area contributed by atoms with Gasteiger partial charge >= 0.3 is 0 Å². The van der Waals surface area contributed by atoms with Crippen LogP contribution >= 0.6 is 0 Å². The Morgan fingerprint density at radius 2 is 2.21 bits per heavy atom. The predicted octanol–water partition coefficient (Wildman–Crippen LogP) is 2.30. The topological polar surface area (TPSA) is 46.5 Å². The molecular weight excluding hydrogens is 180 g/mol. The highest BCUT2D eigenvalue weighted by atomic mass is 16.5. The molecule has 0 amide bonds. The highest BCUT2D eigenvalue weighted by molar-refractivity contribution is 5.77. The van der Waals surface area contributed by atoms with Crippen molar-refractivity contribution >= 4 is 6.29 Å². The van der Waals surface area contributed by atoms with Crippen LogP contribution in [0.4, 0.5) is 0 Å². The van der Waals surface area contributed by atoms with Crippen molar-refractivity contribution in [3.05, 3.63) is 23.3 Å². The van der Waals surface area contributed by atoms with Crippen LogP contribution in [0.2, 0.25) is 0 Å². The van der Waals surface area contributed by atoms with E-state index in [-0.39, 0.29) is 5.75 Å². The van der Waals surface area contributed by atoms with Crippen molar-refractivity contribution in [3.8, 4) is 11.5 Å². The number of hydrogen-bond donors (Lipinski definition) is 1. The number of phenolic OH excluding ortho intramolecular Hbond substituents is 1. The third-order valence-electron chi connectivity index (χ3n) is 1.89. The van der Waals surface area contributed by atoms with Crippen LogP contribution in [0.25, 0.3) is 0 Å². The number of aldehydes is 1. The average Bonchev–Trinajstić information content (AvgIpc) is 2.20. The van der Waals surface area contributed by atoms with Crippen molar-refractivity contribution in [2.45, 2.75) is 20.3 Å². The molecule has 0 radical (unpaired) electrons. The Balaban J connectivity index is 3.00. The zero-order valence-corrected chi connectivity index (χ0v) is 8.41. The molecule has 76 valence electrons. The second-order valence-corrected chi connectivity index (χ2v) is 3.15. The highest BCUT2D eigenvalue weighted by Crippen LogP contribution is 2.30. The van der Waals surface area contributed by atoms with E-state index in [9.17, 15) is 9.90 Å². The van der Waals surface area contributed by atoms with E-state index in [0.717, 1.165) is 12.7 Å². The van der Waals surface area contributed by atoms with Crippen LogP contribution in [0.15, 0.2) is 12.1 Å². The fourth-order valence-electron chi connectivity index (χ4n) is 1.16. The number of hydrogen-bond acceptors (Lipinski definition) is 3. The zero-order valence-electron chi connectivity index (χ0n) is 8.41. The van der Waals surface area contributed by atoms with Crippen molar-refractivity contribution in [2.75, 3.05) is 6.61 Å². The zero-order chi connectivity index (χ0) is 10.6. The van der Waals surface area contributed by atoms with Crippen LogP contribution in [0.3, 0.4) is 0 Å². The Morgan fingerprint density at radius 3 is 2.79 bits per heavy atom. The van der Waals surface area contributed by atoms with E-state index in [1.807, 2.05) is 6.92 Å². The van der Waals surface area contributed by atoms with Gasteiger partial charge < -0.3 is 9.84 Å². The monoisotopic (exact) mass is 194 g/mol. The minimum absolute atomic E-state index is 0.115. The third-order valence-corrected chi connectivity index (χ3v) is 1.89. The summed E-state index contributed by atoms with van der Waals surface area (Å²) in [6.45, 7) is 4.25. The smallest absolute Gasteiger partial charge is 0.161 e. The molecule has 0 atom stereocenters. The molecule has 0 heterocycles. The number of aryl methyl sites for hydroxylation is 1. The lowest BCUT2D eigenvalue weighted by atomic mass is 10.1. The molecule has 0 spiro atoms. The van der Waals surface area contributed by atoms with Gasteiger partial charge in [0.2, 0.25) is 0 Å². The van der Waals surface area contributed by atoms with Gasteiger partial charge in [-0.15, -0.1) is 0 Å². The summed E-state index contributed by atoms with van der Waals surface area (Å²) in [4.78, 5) is 10.6. The number of benzene rings is 1. The largest absolute Gasteiger partial charge is 0.504 e. The number of rotatable bonds is 4. The fraction of sp³-hybridized carbons (Fsp3) is 0.364. The standard InChI is InChI=1S/C11H14O3/c1-3-4-14-10-6-9(7-12)5-8(2)11(10)13/h5-7,13H,3-4H2,1-2H3. The first-order chi connectivity index (χ1) is 6.69. The van der Waals surface area contributed by atoms with E-state index in [1.165, 1.54) is 0 Å². The molecule has 0 fully saturated rings. The maximum atomic E-state index is 10.6. The minimum atomic E-state index is 0.115. The summed E-state index contributed by atoms with van der Waals surface area (Å²) in [5, 5.41) is 9.60. The minimum Gasteiger partial charge on any atom is -0.504 e. The molecule has 0 bridgehead atoms. The second kappa shape index (κ2) is 4.65. The maximum absolute atomic E-state index is 10.6. The summed E-state index contributed by atoms with van der Waals surface area (Å²) in [5.41, 5.74) is 1.17. The number of aromatic hydroxyl groups is 1. The molecule has 0 aliphatic rings. The summed E-state index contributed by atoms with van der Waals surface area (Å²) < 4.78 is 5.30. The van der Waals surface area contributed by atoms with Crippen LogP contribution in [0.1, 0.15) is 29.3 Å². The summed E-state index contributed by atoms with van der Waals surface area (Å²) in [7, 11) is 0. The summed E-state index contributed by atoms with van der Waals surface area (Å²) in [6, 6.07) is 3.17. The molecular formula is C11H14O3. The van der Waals surface area contributed by atoms with E-state index < -0.39 is 0 Å². The van der Waals surface area contributed by atoms with Gasteiger partial charge in [0.05, 0.1) is 6.61 Å². The molecule has 0 saturated carbocycles. The van der Waals surface area contributed by atoms with Crippen molar-refractivity contribution in [2.24, 2.45) is 0 Å². The molecule has 3 heteroatoms. The summed E-state index contributed by atoms with van der Waals surface area (Å²) in [5.74, 6) is 0.498. The summed E-state index contributed by atoms with van der Waals surface area (Å²) in [6.07, 6.45) is 1.61. The number of carbonyl (C=O) groups is 1. The van der Waals surface area contributed by atoms with Crippen molar-refractivity contribution in [1.29, 1.82) is 0 Å². The van der Waals surface area contributed by atoms with Gasteiger partial charge in [0.1, 0.15) is 6.29 Å². The SMILES string of the molecule is CCCOc1cc(C=O)cc(C)c1O. The van der Waals surface area contributed by atoms with Crippen LogP contribution in [0.5, 0.6) is 11.5 Å². The van der Waals surface area contributed by atoms with E-state index >= 15 is 0 Å². The van der Waals surface area contributed by atoms with Gasteiger partial charge in [0, 0.05) is 5.56 Å². The van der Waals surface area contributed by atoms with Crippen LogP contribution in [-0.2, 0) is 0 Å². The van der Waals surface area contributed by atoms with E-state index in [1.54, 1.807) is 19.1 Å². The van der Waals surface area contributed by atoms with Gasteiger partial charge in [-0.25, -0.2) is 0 Å². The van der Waals surface area contributed by atoms with Gasteiger partial charge in [-0.2, -0.15) is 0 Å². The lowest BCUT2D eigenvalue weighted by Gasteiger charge is -2.09. The Kier molecular flexibility index (Phi) is 3.51. The van der Waals surface area contributed by atoms with Gasteiger partial charge in [0.25, 0.3) is 0 Å². The average molecular weight is 194 g/mol. The van der Waals surface area contributed by atoms with Crippen molar-refractivity contribution in [1.82, 2.24) is 0 Å². The molecule has 0 unspecified atom stereocenters. The van der Waals surface area contributed by atoms with Gasteiger partial charge in [-0.05, 0) is 31.0 Å². The normalized spacial score (nSPS) is 9.86. The van der Waals surface area contributed by atoms with Gasteiger partial charge in [0.15, 0.2) is 11.5 Å². The van der Waals surface area contributed by atoms with E-state index in [2.05, 4.69) is 0 Å². The molecule has 3 nitrogen and oxygen atoms in total. The van der Waals surface area contributed by atoms with E-state index in [0.29, 0.717) is 23.5 Å². The van der Waals surface area contributed by atoms with Crippen LogP contribution in [0, 0.1) is 6.92 Å².